The van der Waals surface area contributed by atoms with E-state index in [0.29, 0.717) is 26.2 Å². The van der Waals surface area contributed by atoms with Crippen molar-refractivity contribution in [1.82, 2.24) is 9.88 Å². The number of hydrogen-bond donors (Lipinski definition) is 1. The lowest BCUT2D eigenvalue weighted by Gasteiger charge is -2.30. The van der Waals surface area contributed by atoms with Gasteiger partial charge in [0.2, 0.25) is 5.91 Å². The Labute approximate surface area is 162 Å². The number of nitrogens with one attached hydrogen (secondary N) is 1. The van der Waals surface area contributed by atoms with Crippen molar-refractivity contribution >= 4 is 29.5 Å². The van der Waals surface area contributed by atoms with Crippen LogP contribution in [0.4, 0.5) is 0 Å². The van der Waals surface area contributed by atoms with Gasteiger partial charge in [0.05, 0.1) is 19.6 Å². The molecule has 7 heteroatoms. The van der Waals surface area contributed by atoms with Crippen LogP contribution in [-0.2, 0) is 24.2 Å². The van der Waals surface area contributed by atoms with Crippen LogP contribution in [0, 0.1) is 10.9 Å². The van der Waals surface area contributed by atoms with Crippen LogP contribution in [0.25, 0.3) is 0 Å². The van der Waals surface area contributed by atoms with Crippen LogP contribution < -0.4 is 9.47 Å². The Morgan fingerprint density at radius 2 is 1.88 bits per heavy atom. The van der Waals surface area contributed by atoms with Crippen molar-refractivity contribution in [2.75, 3.05) is 19.8 Å². The van der Waals surface area contributed by atoms with Gasteiger partial charge < -0.3 is 19.4 Å². The topological polar surface area (TPSA) is 54.6 Å². The molecule has 5 nitrogen and oxygen atoms in total. The first-order valence-corrected chi connectivity index (χ1v) is 10.1. The molecule has 1 aliphatic rings. The molecule has 0 saturated carbocycles. The van der Waals surface area contributed by atoms with Crippen LogP contribution >= 0.6 is 23.6 Å². The standard InChI is InChI=1S/C19H24N2O3S2/c1-4-23-15-8-13-6-7-21(11-14(13)9-16(15)24-5-2)18(22)10-17-12(3)20-19(25)26-17/h8-9H,4-7,10-11H2,1-3H3,(H,20,25). The number of hydrogen-bond acceptors (Lipinski definition) is 5. The monoisotopic (exact) mass is 392 g/mol. The number of aryl methyl sites for hydroxylation is 1. The minimum absolute atomic E-state index is 0.135. The van der Waals surface area contributed by atoms with Crippen molar-refractivity contribution in [2.24, 2.45) is 0 Å². The van der Waals surface area contributed by atoms with Crippen molar-refractivity contribution in [1.29, 1.82) is 0 Å². The van der Waals surface area contributed by atoms with Gasteiger partial charge in [0.25, 0.3) is 0 Å². The van der Waals surface area contributed by atoms with Crippen LogP contribution in [0.1, 0.15) is 35.5 Å². The molecule has 1 N–H and O–H groups in total. The van der Waals surface area contributed by atoms with Crippen LogP contribution in [0.2, 0.25) is 0 Å². The first-order valence-electron chi connectivity index (χ1n) is 8.89. The van der Waals surface area contributed by atoms with E-state index < -0.39 is 0 Å². The number of aromatic amines is 1. The molecular formula is C19H24N2O3S2. The summed E-state index contributed by atoms with van der Waals surface area (Å²) in [5.74, 6) is 1.67. The zero-order chi connectivity index (χ0) is 18.7. The molecule has 1 aliphatic heterocycles. The first-order chi connectivity index (χ1) is 12.5. The lowest BCUT2D eigenvalue weighted by atomic mass is 9.98. The maximum atomic E-state index is 12.7. The Kier molecular flexibility index (Phi) is 5.98. The van der Waals surface area contributed by atoms with E-state index >= 15 is 0 Å². The highest BCUT2D eigenvalue weighted by Gasteiger charge is 2.24. The number of thiazole rings is 1. The number of benzene rings is 1. The fourth-order valence-corrected chi connectivity index (χ4v) is 4.45. The summed E-state index contributed by atoms with van der Waals surface area (Å²) < 4.78 is 12.2. The predicted octanol–water partition coefficient (Wildman–Crippen LogP) is 4.04. The van der Waals surface area contributed by atoms with Crippen LogP contribution in [-0.4, -0.2) is 35.5 Å². The molecule has 0 unspecified atom stereocenters. The summed E-state index contributed by atoms with van der Waals surface area (Å²) in [7, 11) is 0. The van der Waals surface area contributed by atoms with Crippen LogP contribution in [0.5, 0.6) is 11.5 Å². The molecule has 2 aromatic rings. The van der Waals surface area contributed by atoms with Gasteiger partial charge in [-0.25, -0.2) is 0 Å². The van der Waals surface area contributed by atoms with E-state index in [-0.39, 0.29) is 5.91 Å². The summed E-state index contributed by atoms with van der Waals surface area (Å²) in [6.45, 7) is 8.40. The molecule has 0 saturated heterocycles. The Morgan fingerprint density at radius 1 is 1.23 bits per heavy atom. The molecule has 1 aromatic carbocycles. The molecule has 0 aliphatic carbocycles. The van der Waals surface area contributed by atoms with E-state index in [0.717, 1.165) is 44.6 Å². The lowest BCUT2D eigenvalue weighted by Crippen LogP contribution is -2.36. The summed E-state index contributed by atoms with van der Waals surface area (Å²) in [4.78, 5) is 18.8. The second-order valence-electron chi connectivity index (χ2n) is 6.24. The number of rotatable bonds is 6. The minimum atomic E-state index is 0.135. The molecule has 1 aromatic heterocycles. The highest BCUT2D eigenvalue weighted by Crippen LogP contribution is 2.34. The van der Waals surface area contributed by atoms with Gasteiger partial charge in [-0.05, 0) is 62.7 Å². The molecule has 0 bridgehead atoms. The maximum Gasteiger partial charge on any atom is 0.228 e. The van der Waals surface area contributed by atoms with Crippen molar-refractivity contribution < 1.29 is 14.3 Å². The zero-order valence-electron chi connectivity index (χ0n) is 15.4. The van der Waals surface area contributed by atoms with Crippen molar-refractivity contribution in [3.8, 4) is 11.5 Å². The Morgan fingerprint density at radius 3 is 2.46 bits per heavy atom. The Balaban J connectivity index is 1.77. The van der Waals surface area contributed by atoms with E-state index in [1.165, 1.54) is 16.9 Å². The first kappa shape index (κ1) is 18.9. The third kappa shape index (κ3) is 4.10. The van der Waals surface area contributed by atoms with Gasteiger partial charge in [0, 0.05) is 23.7 Å². The average molecular weight is 393 g/mol. The van der Waals surface area contributed by atoms with Crippen LogP contribution in [0.3, 0.4) is 0 Å². The van der Waals surface area contributed by atoms with Gasteiger partial charge in [-0.2, -0.15) is 0 Å². The zero-order valence-corrected chi connectivity index (χ0v) is 17.0. The molecule has 2 heterocycles. The van der Waals surface area contributed by atoms with Crippen molar-refractivity contribution in [3.05, 3.63) is 37.8 Å². The number of H-pyrrole nitrogens is 1. The van der Waals surface area contributed by atoms with E-state index in [4.69, 9.17) is 21.7 Å². The number of carbonyl (C=O) groups is 1. The van der Waals surface area contributed by atoms with Gasteiger partial charge in [-0.1, -0.05) is 0 Å². The number of carbonyl (C=O) groups excluding carboxylic acids is 1. The van der Waals surface area contributed by atoms with E-state index in [2.05, 4.69) is 11.1 Å². The smallest absolute Gasteiger partial charge is 0.228 e. The number of ether oxygens (including phenoxy) is 2. The van der Waals surface area contributed by atoms with E-state index in [9.17, 15) is 4.79 Å². The highest BCUT2D eigenvalue weighted by molar-refractivity contribution is 7.73. The average Bonchev–Trinajstić information content (AvgIpc) is 2.92. The largest absolute Gasteiger partial charge is 0.490 e. The van der Waals surface area contributed by atoms with Crippen molar-refractivity contribution in [3.63, 3.8) is 0 Å². The molecule has 26 heavy (non-hydrogen) atoms. The second kappa shape index (κ2) is 8.22. The highest BCUT2D eigenvalue weighted by atomic mass is 32.1. The van der Waals surface area contributed by atoms with Gasteiger partial charge in [0.15, 0.2) is 15.5 Å². The number of aromatic nitrogens is 1. The minimum Gasteiger partial charge on any atom is -0.490 e. The van der Waals surface area contributed by atoms with Gasteiger partial charge in [-0.15, -0.1) is 11.3 Å². The van der Waals surface area contributed by atoms with Gasteiger partial charge >= 0.3 is 0 Å². The second-order valence-corrected chi connectivity index (χ2v) is 8.01. The Bertz CT molecular complexity index is 857. The molecular weight excluding hydrogens is 368 g/mol. The molecule has 0 radical (unpaired) electrons. The predicted molar refractivity (Wildman–Crippen MR) is 106 cm³/mol. The molecule has 0 atom stereocenters. The normalized spacial score (nSPS) is 13.4. The fourth-order valence-electron chi connectivity index (χ4n) is 3.17. The number of amides is 1. The molecule has 0 spiro atoms. The quantitative estimate of drug-likeness (QED) is 0.754. The third-order valence-corrected chi connectivity index (χ3v) is 5.80. The van der Waals surface area contributed by atoms with Gasteiger partial charge in [-0.3, -0.25) is 4.79 Å². The lowest BCUT2D eigenvalue weighted by molar-refractivity contribution is -0.131. The SMILES string of the molecule is CCOc1cc2c(cc1OCC)CN(C(=O)Cc1sc(=S)[nH]c1C)CC2. The molecule has 3 rings (SSSR count). The van der Waals surface area contributed by atoms with Gasteiger partial charge in [0.1, 0.15) is 0 Å². The van der Waals surface area contributed by atoms with E-state index in [1.54, 1.807) is 0 Å². The molecule has 0 fully saturated rings. The number of fused-ring (bicyclic) bond motifs is 1. The fraction of sp³-hybridized carbons (Fsp3) is 0.474. The summed E-state index contributed by atoms with van der Waals surface area (Å²) in [6, 6.07) is 4.09. The molecule has 1 amide bonds. The van der Waals surface area contributed by atoms with E-state index in [1.807, 2.05) is 31.7 Å². The Hall–Kier alpha value is -1.86. The molecule has 140 valence electrons. The number of nitrogens with zero attached hydrogens (tertiary/aromatic N) is 1. The van der Waals surface area contributed by atoms with Crippen LogP contribution in [0.15, 0.2) is 12.1 Å². The third-order valence-electron chi connectivity index (χ3n) is 4.47. The maximum absolute atomic E-state index is 12.7. The summed E-state index contributed by atoms with van der Waals surface area (Å²) in [5, 5.41) is 0. The summed E-state index contributed by atoms with van der Waals surface area (Å²) in [6.07, 6.45) is 1.23. The summed E-state index contributed by atoms with van der Waals surface area (Å²) in [5.41, 5.74) is 3.36. The van der Waals surface area contributed by atoms with Crippen molar-refractivity contribution in [2.45, 2.75) is 40.2 Å². The summed E-state index contributed by atoms with van der Waals surface area (Å²) >= 11 is 6.65.